The lowest BCUT2D eigenvalue weighted by Crippen LogP contribution is -2.73. The van der Waals surface area contributed by atoms with E-state index in [1.54, 1.807) is 4.90 Å². The second kappa shape index (κ2) is 5.87. The van der Waals surface area contributed by atoms with Crippen LogP contribution in [-0.4, -0.2) is 61.9 Å². The fourth-order valence-corrected chi connectivity index (χ4v) is 3.98. The van der Waals surface area contributed by atoms with Crippen LogP contribution in [0.1, 0.15) is 10.4 Å². The zero-order chi connectivity index (χ0) is 18.5. The number of nitrogens with zero attached hydrogens (tertiary/aromatic N) is 3. The fourth-order valence-electron chi connectivity index (χ4n) is 3.98. The van der Waals surface area contributed by atoms with Crippen LogP contribution in [0.5, 0.6) is 0 Å². The molecular weight excluding hydrogens is 326 g/mol. The van der Waals surface area contributed by atoms with Crippen molar-refractivity contribution in [2.24, 2.45) is 5.41 Å². The molecule has 0 bridgehead atoms. The zero-order valence-corrected chi connectivity index (χ0v) is 15.2. The lowest BCUT2D eigenvalue weighted by molar-refractivity contribution is -0.149. The van der Waals surface area contributed by atoms with Crippen molar-refractivity contribution in [2.45, 2.75) is 0 Å². The van der Waals surface area contributed by atoms with Gasteiger partial charge in [-0.1, -0.05) is 18.7 Å². The van der Waals surface area contributed by atoms with Gasteiger partial charge in [-0.05, 0) is 41.1 Å². The SMILES string of the molecule is C=CC(=O)N1CC2(C1)CN(C(=O)c1ccc3cc(N(C)C)ccc3c1)C2. The maximum atomic E-state index is 12.8. The van der Waals surface area contributed by atoms with Crippen LogP contribution in [0.25, 0.3) is 10.8 Å². The van der Waals surface area contributed by atoms with E-state index in [9.17, 15) is 9.59 Å². The molecule has 2 aromatic carbocycles. The zero-order valence-electron chi connectivity index (χ0n) is 15.2. The molecule has 2 saturated heterocycles. The van der Waals surface area contributed by atoms with Crippen molar-refractivity contribution in [3.05, 3.63) is 54.6 Å². The van der Waals surface area contributed by atoms with Crippen LogP contribution in [0, 0.1) is 5.41 Å². The minimum atomic E-state index is -0.0213. The molecule has 0 aromatic heterocycles. The van der Waals surface area contributed by atoms with Crippen molar-refractivity contribution in [1.29, 1.82) is 0 Å². The summed E-state index contributed by atoms with van der Waals surface area (Å²) in [6.45, 7) is 6.43. The molecule has 26 heavy (non-hydrogen) atoms. The molecule has 134 valence electrons. The van der Waals surface area contributed by atoms with Crippen molar-refractivity contribution in [2.75, 3.05) is 45.2 Å². The summed E-state index contributed by atoms with van der Waals surface area (Å²) in [6, 6.07) is 12.1. The van der Waals surface area contributed by atoms with Crippen LogP contribution < -0.4 is 4.90 Å². The quantitative estimate of drug-likeness (QED) is 0.799. The number of fused-ring (bicyclic) bond motifs is 1. The highest BCUT2D eigenvalue weighted by Crippen LogP contribution is 2.40. The van der Waals surface area contributed by atoms with Gasteiger partial charge >= 0.3 is 0 Å². The maximum Gasteiger partial charge on any atom is 0.253 e. The van der Waals surface area contributed by atoms with Gasteiger partial charge in [-0.25, -0.2) is 0 Å². The predicted molar refractivity (Wildman–Crippen MR) is 103 cm³/mol. The average Bonchev–Trinajstić information content (AvgIpc) is 2.57. The van der Waals surface area contributed by atoms with Crippen molar-refractivity contribution < 1.29 is 9.59 Å². The van der Waals surface area contributed by atoms with Gasteiger partial charge in [-0.15, -0.1) is 0 Å². The number of rotatable bonds is 3. The average molecular weight is 349 g/mol. The maximum absolute atomic E-state index is 12.8. The lowest BCUT2D eigenvalue weighted by atomic mass is 9.72. The van der Waals surface area contributed by atoms with E-state index in [4.69, 9.17) is 0 Å². The molecule has 5 heteroatoms. The van der Waals surface area contributed by atoms with Gasteiger partial charge in [-0.3, -0.25) is 9.59 Å². The molecule has 1 spiro atoms. The molecule has 0 saturated carbocycles. The minimum Gasteiger partial charge on any atom is -0.378 e. The van der Waals surface area contributed by atoms with Gasteiger partial charge in [0.05, 0.1) is 0 Å². The van der Waals surface area contributed by atoms with Crippen molar-refractivity contribution in [3.8, 4) is 0 Å². The Balaban J connectivity index is 1.44. The molecule has 2 fully saturated rings. The van der Waals surface area contributed by atoms with E-state index in [1.807, 2.05) is 37.2 Å². The molecular formula is C21H23N3O2. The molecule has 0 N–H and O–H groups in total. The Morgan fingerprint density at radius 2 is 1.62 bits per heavy atom. The number of likely N-dealkylation sites (tertiary alicyclic amines) is 2. The third kappa shape index (κ3) is 2.64. The predicted octanol–water partition coefficient (Wildman–Crippen LogP) is 2.38. The first kappa shape index (κ1) is 16.6. The number of benzene rings is 2. The van der Waals surface area contributed by atoms with E-state index in [-0.39, 0.29) is 17.2 Å². The van der Waals surface area contributed by atoms with Gasteiger partial charge < -0.3 is 14.7 Å². The summed E-state index contributed by atoms with van der Waals surface area (Å²) in [4.78, 5) is 30.1. The number of anilines is 1. The number of hydrogen-bond donors (Lipinski definition) is 0. The number of hydrogen-bond acceptors (Lipinski definition) is 3. The van der Waals surface area contributed by atoms with E-state index >= 15 is 0 Å². The Hall–Kier alpha value is -2.82. The van der Waals surface area contributed by atoms with Gasteiger partial charge in [0.15, 0.2) is 0 Å². The number of carbonyl (C=O) groups excluding carboxylic acids is 2. The number of carbonyl (C=O) groups is 2. The molecule has 0 atom stereocenters. The van der Waals surface area contributed by atoms with Crippen LogP contribution in [0.4, 0.5) is 5.69 Å². The fraction of sp³-hybridized carbons (Fsp3) is 0.333. The van der Waals surface area contributed by atoms with Crippen molar-refractivity contribution >= 4 is 28.3 Å². The lowest BCUT2D eigenvalue weighted by Gasteiger charge is -2.59. The first-order valence-electron chi connectivity index (χ1n) is 8.83. The highest BCUT2D eigenvalue weighted by molar-refractivity contribution is 5.99. The van der Waals surface area contributed by atoms with E-state index in [0.29, 0.717) is 0 Å². The molecule has 0 unspecified atom stereocenters. The molecule has 2 aliphatic rings. The first-order valence-corrected chi connectivity index (χ1v) is 8.83. The normalized spacial score (nSPS) is 17.6. The van der Waals surface area contributed by atoms with Gasteiger partial charge in [0.2, 0.25) is 5.91 Å². The number of amides is 2. The van der Waals surface area contributed by atoms with Crippen LogP contribution in [0.3, 0.4) is 0 Å². The van der Waals surface area contributed by atoms with Crippen LogP contribution in [0.2, 0.25) is 0 Å². The van der Waals surface area contributed by atoms with E-state index in [1.165, 1.54) is 6.08 Å². The Morgan fingerprint density at radius 1 is 1.00 bits per heavy atom. The monoisotopic (exact) mass is 349 g/mol. The summed E-state index contributed by atoms with van der Waals surface area (Å²) < 4.78 is 0. The summed E-state index contributed by atoms with van der Waals surface area (Å²) in [5.41, 5.74) is 1.97. The first-order chi connectivity index (χ1) is 12.4. The summed E-state index contributed by atoms with van der Waals surface area (Å²) in [7, 11) is 4.03. The topological polar surface area (TPSA) is 43.9 Å². The Labute approximate surface area is 153 Å². The Kier molecular flexibility index (Phi) is 3.75. The molecule has 4 rings (SSSR count). The van der Waals surface area contributed by atoms with Gasteiger partial charge in [0.1, 0.15) is 0 Å². The van der Waals surface area contributed by atoms with E-state index in [0.717, 1.165) is 48.2 Å². The molecule has 5 nitrogen and oxygen atoms in total. The standard InChI is InChI=1S/C21H23N3O2/c1-4-19(25)23-11-21(12-23)13-24(14-21)20(26)17-6-5-16-10-18(22(2)3)8-7-15(16)9-17/h4-10H,1,11-14H2,2-3H3. The third-order valence-electron chi connectivity index (χ3n) is 5.47. The summed E-state index contributed by atoms with van der Waals surface area (Å²) in [5.74, 6) is 0.0507. The highest BCUT2D eigenvalue weighted by Gasteiger charge is 2.54. The van der Waals surface area contributed by atoms with Gasteiger partial charge in [0.25, 0.3) is 5.91 Å². The van der Waals surface area contributed by atoms with Gasteiger partial charge in [0, 0.05) is 56.9 Å². The third-order valence-corrected chi connectivity index (χ3v) is 5.47. The summed E-state index contributed by atoms with van der Waals surface area (Å²) >= 11 is 0. The molecule has 0 aliphatic carbocycles. The van der Waals surface area contributed by atoms with E-state index < -0.39 is 0 Å². The van der Waals surface area contributed by atoms with Crippen molar-refractivity contribution in [3.63, 3.8) is 0 Å². The molecule has 2 amide bonds. The second-order valence-electron chi connectivity index (χ2n) is 7.70. The minimum absolute atomic E-state index is 0.0213. The van der Waals surface area contributed by atoms with Gasteiger partial charge in [-0.2, -0.15) is 0 Å². The largest absolute Gasteiger partial charge is 0.378 e. The molecule has 0 radical (unpaired) electrons. The highest BCUT2D eigenvalue weighted by atomic mass is 16.2. The van der Waals surface area contributed by atoms with Crippen LogP contribution in [0.15, 0.2) is 49.1 Å². The summed E-state index contributed by atoms with van der Waals surface area (Å²) in [6.07, 6.45) is 1.35. The van der Waals surface area contributed by atoms with Crippen molar-refractivity contribution in [1.82, 2.24) is 9.80 Å². The smallest absolute Gasteiger partial charge is 0.253 e. The van der Waals surface area contributed by atoms with E-state index in [2.05, 4.69) is 29.7 Å². The van der Waals surface area contributed by atoms with Crippen LogP contribution in [-0.2, 0) is 4.79 Å². The summed E-state index contributed by atoms with van der Waals surface area (Å²) in [5, 5.41) is 2.20. The second-order valence-corrected chi connectivity index (χ2v) is 7.70. The Bertz CT molecular complexity index is 905. The molecule has 2 aromatic rings. The molecule has 2 heterocycles. The van der Waals surface area contributed by atoms with Crippen LogP contribution >= 0.6 is 0 Å². The Morgan fingerprint density at radius 3 is 2.27 bits per heavy atom. The molecule has 2 aliphatic heterocycles.